The van der Waals surface area contributed by atoms with Gasteiger partial charge in [0.2, 0.25) is 0 Å². The topological polar surface area (TPSA) is 106 Å². The van der Waals surface area contributed by atoms with E-state index in [1.165, 1.54) is 11.3 Å². The molecule has 3 rings (SSSR count). The smallest absolute Gasteiger partial charge is 0.260 e. The van der Waals surface area contributed by atoms with E-state index in [4.69, 9.17) is 23.9 Å². The summed E-state index contributed by atoms with van der Waals surface area (Å²) in [7, 11) is 4.83. The summed E-state index contributed by atoms with van der Waals surface area (Å²) in [5.41, 5.74) is 1.45. The zero-order chi connectivity index (χ0) is 24.5. The molecule has 3 aromatic rings. The Morgan fingerprint density at radius 2 is 2.00 bits per heavy atom. The number of ether oxygens (including phenoxy) is 4. The van der Waals surface area contributed by atoms with Gasteiger partial charge in [-0.25, -0.2) is 4.98 Å². The molecule has 0 fully saturated rings. The predicted molar refractivity (Wildman–Crippen MR) is 133 cm³/mol. The first-order chi connectivity index (χ1) is 16.5. The molecule has 186 valence electrons. The number of aliphatic hydroxyl groups excluding tert-OH is 1. The van der Waals surface area contributed by atoms with E-state index < -0.39 is 6.10 Å². The summed E-state index contributed by atoms with van der Waals surface area (Å²) in [5.74, 6) is 1.78. The van der Waals surface area contributed by atoms with E-state index in [-0.39, 0.29) is 12.2 Å². The average molecular weight is 492 g/mol. The minimum absolute atomic E-state index is 0.197. The van der Waals surface area contributed by atoms with Gasteiger partial charge in [0.15, 0.2) is 11.5 Å². The Morgan fingerprint density at radius 3 is 2.71 bits per heavy atom. The normalized spacial score (nSPS) is 12.4. The fourth-order valence-electron chi connectivity index (χ4n) is 3.77. The number of hydrogen-bond donors (Lipinski definition) is 2. The Balaban J connectivity index is 1.86. The first kappa shape index (κ1) is 26.1. The van der Waals surface area contributed by atoms with Gasteiger partial charge in [-0.15, -0.1) is 11.3 Å². The SMILES string of the molecule is CCOC[C@@H](O)CN(CCCOC)Cc1nc2scc(-c3ccc(OC)c(OC)c3)c2c(=O)[nH]1. The molecule has 0 saturated carbocycles. The highest BCUT2D eigenvalue weighted by atomic mass is 32.1. The third kappa shape index (κ3) is 6.55. The number of thiophene rings is 1. The lowest BCUT2D eigenvalue weighted by Crippen LogP contribution is -2.36. The molecule has 0 radical (unpaired) electrons. The van der Waals surface area contributed by atoms with Crippen LogP contribution in [0, 0.1) is 0 Å². The molecule has 0 saturated heterocycles. The second kappa shape index (κ2) is 12.8. The Hall–Kier alpha value is -2.50. The largest absolute Gasteiger partial charge is 0.493 e. The van der Waals surface area contributed by atoms with E-state index >= 15 is 0 Å². The summed E-state index contributed by atoms with van der Waals surface area (Å²) in [5, 5.41) is 12.8. The average Bonchev–Trinajstić information content (AvgIpc) is 3.27. The third-order valence-electron chi connectivity index (χ3n) is 5.37. The van der Waals surface area contributed by atoms with Crippen LogP contribution in [0.5, 0.6) is 11.5 Å². The number of H-pyrrole nitrogens is 1. The maximum Gasteiger partial charge on any atom is 0.260 e. The van der Waals surface area contributed by atoms with Crippen LogP contribution < -0.4 is 15.0 Å². The molecule has 2 heterocycles. The van der Waals surface area contributed by atoms with Crippen molar-refractivity contribution in [1.82, 2.24) is 14.9 Å². The molecule has 2 N–H and O–H groups in total. The fourth-order valence-corrected chi connectivity index (χ4v) is 4.74. The second-order valence-corrected chi connectivity index (χ2v) is 8.66. The maximum atomic E-state index is 13.1. The van der Waals surface area contributed by atoms with Crippen LogP contribution in [0.4, 0.5) is 0 Å². The lowest BCUT2D eigenvalue weighted by molar-refractivity contribution is 0.0177. The van der Waals surface area contributed by atoms with Crippen LogP contribution in [0.3, 0.4) is 0 Å². The van der Waals surface area contributed by atoms with Crippen LogP contribution in [-0.2, 0) is 16.0 Å². The number of aromatic nitrogens is 2. The highest BCUT2D eigenvalue weighted by Crippen LogP contribution is 2.36. The van der Waals surface area contributed by atoms with Gasteiger partial charge in [0, 0.05) is 44.4 Å². The van der Waals surface area contributed by atoms with Crippen molar-refractivity contribution < 1.29 is 24.1 Å². The van der Waals surface area contributed by atoms with Crippen LogP contribution in [-0.4, -0.2) is 80.3 Å². The predicted octanol–water partition coefficient (Wildman–Crippen LogP) is 2.90. The summed E-state index contributed by atoms with van der Waals surface area (Å²) in [6.45, 7) is 4.83. The molecule has 0 aliphatic rings. The van der Waals surface area contributed by atoms with Gasteiger partial charge in [0.05, 0.1) is 38.9 Å². The highest BCUT2D eigenvalue weighted by molar-refractivity contribution is 7.17. The van der Waals surface area contributed by atoms with Gasteiger partial charge in [-0.1, -0.05) is 6.07 Å². The van der Waals surface area contributed by atoms with Crippen LogP contribution >= 0.6 is 11.3 Å². The van der Waals surface area contributed by atoms with E-state index in [1.807, 2.05) is 30.5 Å². The second-order valence-electron chi connectivity index (χ2n) is 7.81. The lowest BCUT2D eigenvalue weighted by atomic mass is 10.1. The summed E-state index contributed by atoms with van der Waals surface area (Å²) in [4.78, 5) is 23.4. The number of benzene rings is 1. The standard InChI is InChI=1S/C24H33N3O6S/c1-5-33-14-17(28)12-27(9-6-10-30-2)13-21-25-23(29)22-18(15-34-24(22)26-21)16-7-8-19(31-3)20(11-16)32-4/h7-8,11,15,17,28H,5-6,9-10,12-14H2,1-4H3,(H,25,26,29)/t17-/m0/s1. The molecule has 10 heteroatoms. The molecule has 34 heavy (non-hydrogen) atoms. The van der Waals surface area contributed by atoms with Gasteiger partial charge in [-0.05, 0) is 31.0 Å². The van der Waals surface area contributed by atoms with Gasteiger partial charge in [-0.3, -0.25) is 9.69 Å². The summed E-state index contributed by atoms with van der Waals surface area (Å²) >= 11 is 1.42. The minimum atomic E-state index is -0.628. The molecule has 0 bridgehead atoms. The molecule has 0 aliphatic carbocycles. The van der Waals surface area contributed by atoms with Crippen molar-refractivity contribution in [2.45, 2.75) is 26.0 Å². The van der Waals surface area contributed by atoms with Crippen LogP contribution in [0.25, 0.3) is 21.3 Å². The number of rotatable bonds is 14. The molecule has 0 amide bonds. The third-order valence-corrected chi connectivity index (χ3v) is 6.24. The first-order valence-corrected chi connectivity index (χ1v) is 12.1. The molecule has 1 aromatic carbocycles. The summed E-state index contributed by atoms with van der Waals surface area (Å²) < 4.78 is 21.2. The van der Waals surface area contributed by atoms with Crippen LogP contribution in [0.2, 0.25) is 0 Å². The molecule has 0 spiro atoms. The van der Waals surface area contributed by atoms with Crippen molar-refractivity contribution in [3.05, 3.63) is 39.8 Å². The molecule has 0 aliphatic heterocycles. The number of aromatic amines is 1. The van der Waals surface area contributed by atoms with Gasteiger partial charge in [0.1, 0.15) is 10.7 Å². The van der Waals surface area contributed by atoms with Crippen LogP contribution in [0.1, 0.15) is 19.2 Å². The van der Waals surface area contributed by atoms with Crippen molar-refractivity contribution in [2.75, 3.05) is 54.2 Å². The number of aliphatic hydroxyl groups is 1. The van der Waals surface area contributed by atoms with E-state index in [0.29, 0.717) is 60.4 Å². The first-order valence-electron chi connectivity index (χ1n) is 11.2. The molecule has 1 atom stereocenters. The van der Waals surface area contributed by atoms with Crippen molar-refractivity contribution in [1.29, 1.82) is 0 Å². The van der Waals surface area contributed by atoms with E-state index in [1.54, 1.807) is 21.3 Å². The number of fused-ring (bicyclic) bond motifs is 1. The zero-order valence-electron chi connectivity index (χ0n) is 20.1. The fraction of sp³-hybridized carbons (Fsp3) is 0.500. The van der Waals surface area contributed by atoms with Crippen molar-refractivity contribution in [3.63, 3.8) is 0 Å². The minimum Gasteiger partial charge on any atom is -0.493 e. The number of hydrogen-bond acceptors (Lipinski definition) is 9. The van der Waals surface area contributed by atoms with Gasteiger partial charge < -0.3 is 29.0 Å². The van der Waals surface area contributed by atoms with Gasteiger partial charge in [0.25, 0.3) is 5.56 Å². The van der Waals surface area contributed by atoms with E-state index in [9.17, 15) is 9.90 Å². The highest BCUT2D eigenvalue weighted by Gasteiger charge is 2.18. The quantitative estimate of drug-likeness (QED) is 0.332. The van der Waals surface area contributed by atoms with E-state index in [2.05, 4.69) is 9.88 Å². The molecular weight excluding hydrogens is 458 g/mol. The lowest BCUT2D eigenvalue weighted by Gasteiger charge is -2.24. The number of methoxy groups -OCH3 is 3. The molecule has 2 aromatic heterocycles. The van der Waals surface area contributed by atoms with Crippen molar-refractivity contribution in [2.24, 2.45) is 0 Å². The summed E-state index contributed by atoms with van der Waals surface area (Å²) in [6, 6.07) is 5.57. The zero-order valence-corrected chi connectivity index (χ0v) is 20.9. The number of nitrogens with zero attached hydrogens (tertiary/aromatic N) is 2. The maximum absolute atomic E-state index is 13.1. The Kier molecular flexibility index (Phi) is 9.85. The van der Waals surface area contributed by atoms with Gasteiger partial charge in [-0.2, -0.15) is 0 Å². The monoisotopic (exact) mass is 491 g/mol. The molecule has 0 unspecified atom stereocenters. The van der Waals surface area contributed by atoms with Crippen LogP contribution in [0.15, 0.2) is 28.4 Å². The Labute approximate surface area is 203 Å². The van der Waals surface area contributed by atoms with Crippen molar-refractivity contribution >= 4 is 21.6 Å². The van der Waals surface area contributed by atoms with E-state index in [0.717, 1.165) is 17.5 Å². The molecule has 9 nitrogen and oxygen atoms in total. The number of nitrogens with one attached hydrogen (secondary N) is 1. The van der Waals surface area contributed by atoms with Gasteiger partial charge >= 0.3 is 0 Å². The Morgan fingerprint density at radius 1 is 1.21 bits per heavy atom. The van der Waals surface area contributed by atoms with Crippen molar-refractivity contribution in [3.8, 4) is 22.6 Å². The Bertz CT molecular complexity index is 1120. The summed E-state index contributed by atoms with van der Waals surface area (Å²) in [6.07, 6.45) is 0.170. The molecular formula is C24H33N3O6S.